The summed E-state index contributed by atoms with van der Waals surface area (Å²) in [4.78, 5) is 26.5. The molecule has 0 unspecified atom stereocenters. The smallest absolute Gasteiger partial charge is 0.326 e. The second kappa shape index (κ2) is 5.47. The number of esters is 1. The molecule has 0 bridgehead atoms. The second-order valence-electron chi connectivity index (χ2n) is 4.54. The number of aromatic nitrogens is 2. The van der Waals surface area contributed by atoms with Crippen LogP contribution >= 0.6 is 0 Å². The van der Waals surface area contributed by atoms with Gasteiger partial charge < -0.3 is 10.1 Å². The lowest BCUT2D eigenvalue weighted by Crippen LogP contribution is -2.31. The van der Waals surface area contributed by atoms with E-state index in [-0.39, 0.29) is 25.0 Å². The summed E-state index contributed by atoms with van der Waals surface area (Å²) in [6.45, 7) is 5.64. The van der Waals surface area contributed by atoms with E-state index in [1.54, 1.807) is 20.8 Å². The van der Waals surface area contributed by atoms with Crippen molar-refractivity contribution in [2.24, 2.45) is 0 Å². The Morgan fingerprint density at radius 3 is 2.65 bits per heavy atom. The number of carbonyl (C=O) groups is 2. The van der Waals surface area contributed by atoms with E-state index in [0.29, 0.717) is 0 Å². The quantitative estimate of drug-likeness (QED) is 0.804. The first-order chi connectivity index (χ1) is 7.88. The van der Waals surface area contributed by atoms with E-state index in [4.69, 9.17) is 4.74 Å². The highest BCUT2D eigenvalue weighted by molar-refractivity contribution is 5.77. The van der Waals surface area contributed by atoms with Crippen molar-refractivity contribution in [1.82, 2.24) is 14.9 Å². The monoisotopic (exact) mass is 239 g/mol. The van der Waals surface area contributed by atoms with E-state index in [1.807, 2.05) is 0 Å². The van der Waals surface area contributed by atoms with Crippen LogP contribution in [0.5, 0.6) is 0 Å². The number of imidazole rings is 1. The van der Waals surface area contributed by atoms with E-state index in [2.05, 4.69) is 10.3 Å². The highest BCUT2D eigenvalue weighted by Crippen LogP contribution is 2.07. The first kappa shape index (κ1) is 13.2. The van der Waals surface area contributed by atoms with Gasteiger partial charge in [0, 0.05) is 18.9 Å². The van der Waals surface area contributed by atoms with Crippen molar-refractivity contribution in [3.63, 3.8) is 0 Å². The Labute approximate surface area is 100.0 Å². The van der Waals surface area contributed by atoms with Gasteiger partial charge >= 0.3 is 12.0 Å². The van der Waals surface area contributed by atoms with E-state index < -0.39 is 5.60 Å². The molecule has 0 radical (unpaired) electrons. The van der Waals surface area contributed by atoms with Crippen LogP contribution in [-0.2, 0) is 9.53 Å². The number of amides is 1. The largest absolute Gasteiger partial charge is 0.460 e. The fraction of sp³-hybridized carbons (Fsp3) is 0.545. The summed E-state index contributed by atoms with van der Waals surface area (Å²) >= 11 is 0. The average molecular weight is 239 g/mol. The summed E-state index contributed by atoms with van der Waals surface area (Å²) < 4.78 is 6.40. The number of hydrogen-bond acceptors (Lipinski definition) is 4. The summed E-state index contributed by atoms with van der Waals surface area (Å²) in [5, 5.41) is 2.58. The van der Waals surface area contributed by atoms with Crippen LogP contribution in [0.3, 0.4) is 0 Å². The molecule has 0 atom stereocenters. The number of carbonyl (C=O) groups excluding carboxylic acids is 2. The summed E-state index contributed by atoms with van der Waals surface area (Å²) in [5.41, 5.74) is -0.495. The molecule has 0 aliphatic rings. The van der Waals surface area contributed by atoms with Crippen LogP contribution in [-0.4, -0.2) is 33.7 Å². The lowest BCUT2D eigenvalue weighted by molar-refractivity contribution is -0.154. The van der Waals surface area contributed by atoms with Crippen LogP contribution in [0.2, 0.25) is 0 Å². The molecular weight excluding hydrogens is 222 g/mol. The van der Waals surface area contributed by atoms with E-state index in [0.717, 1.165) is 0 Å². The zero-order valence-corrected chi connectivity index (χ0v) is 10.3. The maximum atomic E-state index is 11.4. The molecule has 1 amide bonds. The van der Waals surface area contributed by atoms with Crippen LogP contribution in [0.15, 0.2) is 18.7 Å². The van der Waals surface area contributed by atoms with Crippen molar-refractivity contribution in [3.8, 4) is 0 Å². The molecule has 17 heavy (non-hydrogen) atoms. The van der Waals surface area contributed by atoms with Gasteiger partial charge in [-0.1, -0.05) is 0 Å². The molecule has 0 saturated heterocycles. The molecule has 6 nitrogen and oxygen atoms in total. The molecule has 0 saturated carbocycles. The topological polar surface area (TPSA) is 73.2 Å². The van der Waals surface area contributed by atoms with Gasteiger partial charge in [0.25, 0.3) is 0 Å². The molecule has 0 aromatic carbocycles. The first-order valence-corrected chi connectivity index (χ1v) is 5.36. The zero-order chi connectivity index (χ0) is 12.9. The second-order valence-corrected chi connectivity index (χ2v) is 4.54. The standard InChI is InChI=1S/C11H17N3O3/c1-11(2,3)17-9(15)4-5-13-10(16)14-7-6-12-8-14/h6-8H,4-5H2,1-3H3,(H,13,16). The van der Waals surface area contributed by atoms with Gasteiger partial charge in [0.05, 0.1) is 6.42 Å². The highest BCUT2D eigenvalue weighted by Gasteiger charge is 2.16. The van der Waals surface area contributed by atoms with Crippen LogP contribution in [0.1, 0.15) is 27.2 Å². The van der Waals surface area contributed by atoms with Crippen molar-refractivity contribution < 1.29 is 14.3 Å². The van der Waals surface area contributed by atoms with Gasteiger partial charge in [-0.25, -0.2) is 9.78 Å². The summed E-state index contributed by atoms with van der Waals surface area (Å²) in [5.74, 6) is -0.330. The van der Waals surface area contributed by atoms with Crippen molar-refractivity contribution >= 4 is 12.0 Å². The predicted octanol–water partition coefficient (Wildman–Crippen LogP) is 1.17. The number of nitrogens with one attached hydrogen (secondary N) is 1. The van der Waals surface area contributed by atoms with Crippen LogP contribution in [0, 0.1) is 0 Å². The van der Waals surface area contributed by atoms with E-state index >= 15 is 0 Å². The molecule has 1 rings (SSSR count). The number of hydrogen-bond donors (Lipinski definition) is 1. The third-order valence-corrected chi connectivity index (χ3v) is 1.76. The predicted molar refractivity (Wildman–Crippen MR) is 61.5 cm³/mol. The summed E-state index contributed by atoms with van der Waals surface area (Å²) in [6, 6.07) is -0.314. The molecule has 0 aliphatic carbocycles. The van der Waals surface area contributed by atoms with Crippen LogP contribution in [0.25, 0.3) is 0 Å². The Balaban J connectivity index is 2.24. The van der Waals surface area contributed by atoms with Gasteiger partial charge in [-0.2, -0.15) is 0 Å². The molecule has 1 aromatic heterocycles. The minimum atomic E-state index is -0.495. The van der Waals surface area contributed by atoms with Crippen LogP contribution < -0.4 is 5.32 Å². The minimum Gasteiger partial charge on any atom is -0.460 e. The van der Waals surface area contributed by atoms with Gasteiger partial charge in [-0.3, -0.25) is 9.36 Å². The summed E-state index contributed by atoms with van der Waals surface area (Å²) in [6.07, 6.45) is 4.58. The Kier molecular flexibility index (Phi) is 4.25. The lowest BCUT2D eigenvalue weighted by Gasteiger charge is -2.19. The van der Waals surface area contributed by atoms with E-state index in [1.165, 1.54) is 23.3 Å². The Morgan fingerprint density at radius 1 is 1.41 bits per heavy atom. The molecular formula is C11H17N3O3. The minimum absolute atomic E-state index is 0.151. The fourth-order valence-corrected chi connectivity index (χ4v) is 1.13. The van der Waals surface area contributed by atoms with Gasteiger partial charge in [-0.05, 0) is 20.8 Å². The third kappa shape index (κ3) is 5.14. The maximum absolute atomic E-state index is 11.4. The average Bonchev–Trinajstić information content (AvgIpc) is 2.66. The third-order valence-electron chi connectivity index (χ3n) is 1.76. The molecule has 1 N–H and O–H groups in total. The SMILES string of the molecule is CC(C)(C)OC(=O)CCNC(=O)n1ccnc1. The van der Waals surface area contributed by atoms with Crippen molar-refractivity contribution in [2.45, 2.75) is 32.8 Å². The lowest BCUT2D eigenvalue weighted by atomic mass is 10.2. The summed E-state index contributed by atoms with van der Waals surface area (Å²) in [7, 11) is 0. The normalized spacial score (nSPS) is 11.0. The Morgan fingerprint density at radius 2 is 2.12 bits per heavy atom. The van der Waals surface area contributed by atoms with Crippen molar-refractivity contribution in [1.29, 1.82) is 0 Å². The molecule has 6 heteroatoms. The molecule has 94 valence electrons. The maximum Gasteiger partial charge on any atom is 0.326 e. The van der Waals surface area contributed by atoms with Crippen LogP contribution in [0.4, 0.5) is 4.79 Å². The first-order valence-electron chi connectivity index (χ1n) is 5.36. The Hall–Kier alpha value is -1.85. The Bertz CT molecular complexity index is 379. The number of ether oxygens (including phenoxy) is 1. The molecule has 0 aliphatic heterocycles. The number of nitrogens with zero attached hydrogens (tertiary/aromatic N) is 2. The van der Waals surface area contributed by atoms with Gasteiger partial charge in [-0.15, -0.1) is 0 Å². The van der Waals surface area contributed by atoms with Gasteiger partial charge in [0.2, 0.25) is 0 Å². The number of rotatable bonds is 3. The van der Waals surface area contributed by atoms with Crippen molar-refractivity contribution in [3.05, 3.63) is 18.7 Å². The fourth-order valence-electron chi connectivity index (χ4n) is 1.13. The van der Waals surface area contributed by atoms with Gasteiger partial charge in [0.1, 0.15) is 11.9 Å². The van der Waals surface area contributed by atoms with E-state index in [9.17, 15) is 9.59 Å². The van der Waals surface area contributed by atoms with Crippen molar-refractivity contribution in [2.75, 3.05) is 6.54 Å². The molecule has 0 fully saturated rings. The molecule has 1 heterocycles. The molecule has 0 spiro atoms. The molecule has 1 aromatic rings. The van der Waals surface area contributed by atoms with Gasteiger partial charge in [0.15, 0.2) is 0 Å². The zero-order valence-electron chi connectivity index (χ0n) is 10.3. The highest BCUT2D eigenvalue weighted by atomic mass is 16.6.